The van der Waals surface area contributed by atoms with E-state index in [1.54, 1.807) is 0 Å². The highest BCUT2D eigenvalue weighted by molar-refractivity contribution is 5.39. The third-order valence-electron chi connectivity index (χ3n) is 4.63. The maximum Gasteiger partial charge on any atom is 0.122 e. The van der Waals surface area contributed by atoms with Crippen LogP contribution in [0, 0.1) is 0 Å². The molecule has 3 nitrogen and oxygen atoms in total. The first-order chi connectivity index (χ1) is 10.3. The van der Waals surface area contributed by atoms with Crippen LogP contribution in [-0.2, 0) is 13.0 Å². The molecule has 0 aliphatic carbocycles. The number of hydrogen-bond donors (Lipinski definition) is 1. The summed E-state index contributed by atoms with van der Waals surface area (Å²) < 4.78 is 5.61. The van der Waals surface area contributed by atoms with E-state index in [9.17, 15) is 0 Å². The summed E-state index contributed by atoms with van der Waals surface area (Å²) in [5.74, 6) is 1.09. The van der Waals surface area contributed by atoms with Crippen molar-refractivity contribution in [2.45, 2.75) is 51.6 Å². The third-order valence-corrected chi connectivity index (χ3v) is 4.63. The molecule has 21 heavy (non-hydrogen) atoms. The molecule has 0 aromatic heterocycles. The van der Waals surface area contributed by atoms with Gasteiger partial charge in [0.15, 0.2) is 0 Å². The zero-order valence-corrected chi connectivity index (χ0v) is 13.2. The summed E-state index contributed by atoms with van der Waals surface area (Å²) in [4.78, 5) is 2.63. The minimum Gasteiger partial charge on any atom is -0.493 e. The monoisotopic (exact) mass is 288 g/mol. The number of unbranched alkanes of at least 4 members (excludes halogenated alkanes) is 1. The minimum atomic E-state index is 0.694. The number of hydrogen-bond acceptors (Lipinski definition) is 3. The van der Waals surface area contributed by atoms with Crippen molar-refractivity contribution >= 4 is 0 Å². The summed E-state index contributed by atoms with van der Waals surface area (Å²) in [6.45, 7) is 7.80. The van der Waals surface area contributed by atoms with Crippen LogP contribution in [0.2, 0.25) is 0 Å². The highest BCUT2D eigenvalue weighted by atomic mass is 16.5. The van der Waals surface area contributed by atoms with Crippen molar-refractivity contribution < 1.29 is 4.74 Å². The molecule has 0 radical (unpaired) electrons. The molecule has 0 spiro atoms. The number of nitrogens with zero attached hydrogens (tertiary/aromatic N) is 1. The van der Waals surface area contributed by atoms with Gasteiger partial charge in [-0.2, -0.15) is 0 Å². The van der Waals surface area contributed by atoms with Gasteiger partial charge in [0.2, 0.25) is 0 Å². The molecule has 1 saturated heterocycles. The van der Waals surface area contributed by atoms with E-state index in [1.165, 1.54) is 56.4 Å². The fraction of sp³-hybridized carbons (Fsp3) is 0.667. The van der Waals surface area contributed by atoms with Crippen LogP contribution in [0.15, 0.2) is 18.2 Å². The number of ether oxygens (including phenoxy) is 1. The minimum absolute atomic E-state index is 0.694. The Morgan fingerprint density at radius 3 is 3.14 bits per heavy atom. The largest absolute Gasteiger partial charge is 0.493 e. The zero-order chi connectivity index (χ0) is 14.5. The smallest absolute Gasteiger partial charge is 0.122 e. The Morgan fingerprint density at radius 1 is 1.38 bits per heavy atom. The first-order valence-corrected chi connectivity index (χ1v) is 8.55. The molecule has 1 fully saturated rings. The Kier molecular flexibility index (Phi) is 5.15. The second kappa shape index (κ2) is 7.28. The second-order valence-corrected chi connectivity index (χ2v) is 6.42. The highest BCUT2D eigenvalue weighted by Gasteiger charge is 2.18. The van der Waals surface area contributed by atoms with Crippen LogP contribution in [0.25, 0.3) is 0 Å². The third kappa shape index (κ3) is 3.98. The van der Waals surface area contributed by atoms with Crippen LogP contribution in [0.5, 0.6) is 5.75 Å². The fourth-order valence-corrected chi connectivity index (χ4v) is 3.44. The second-order valence-electron chi connectivity index (χ2n) is 6.42. The normalized spacial score (nSPS) is 20.8. The van der Waals surface area contributed by atoms with Gasteiger partial charge in [-0.15, -0.1) is 0 Å². The molecule has 1 unspecified atom stereocenters. The molecule has 0 amide bonds. The SMILES string of the molecule is CCCCN(Cc1ccc2c(c1)CCO2)CC1CCCN1. The Labute approximate surface area is 128 Å². The Hall–Kier alpha value is -1.06. The van der Waals surface area contributed by atoms with E-state index in [1.807, 2.05) is 0 Å². The predicted molar refractivity (Wildman–Crippen MR) is 86.9 cm³/mol. The quantitative estimate of drug-likeness (QED) is 0.835. The molecule has 0 saturated carbocycles. The number of benzene rings is 1. The summed E-state index contributed by atoms with van der Waals surface area (Å²) >= 11 is 0. The maximum atomic E-state index is 5.61. The van der Waals surface area contributed by atoms with Gasteiger partial charge in [-0.1, -0.05) is 25.5 Å². The van der Waals surface area contributed by atoms with Gasteiger partial charge < -0.3 is 10.1 Å². The van der Waals surface area contributed by atoms with Crippen molar-refractivity contribution in [2.75, 3.05) is 26.2 Å². The molecule has 0 bridgehead atoms. The van der Waals surface area contributed by atoms with Crippen molar-refractivity contribution in [3.63, 3.8) is 0 Å². The maximum absolute atomic E-state index is 5.61. The summed E-state index contributed by atoms with van der Waals surface area (Å²) in [6.07, 6.45) is 6.30. The first-order valence-electron chi connectivity index (χ1n) is 8.55. The molecule has 2 aliphatic heterocycles. The van der Waals surface area contributed by atoms with Gasteiger partial charge in [0.25, 0.3) is 0 Å². The summed E-state index contributed by atoms with van der Waals surface area (Å²) in [6, 6.07) is 7.44. The topological polar surface area (TPSA) is 24.5 Å². The average Bonchev–Trinajstić information content (AvgIpc) is 3.15. The average molecular weight is 288 g/mol. The van der Waals surface area contributed by atoms with E-state index >= 15 is 0 Å². The Balaban J connectivity index is 1.62. The summed E-state index contributed by atoms with van der Waals surface area (Å²) in [5, 5.41) is 3.63. The molecule has 1 aromatic rings. The lowest BCUT2D eigenvalue weighted by atomic mass is 10.1. The molecule has 3 rings (SSSR count). The molecule has 1 N–H and O–H groups in total. The van der Waals surface area contributed by atoms with Crippen LogP contribution in [0.4, 0.5) is 0 Å². The van der Waals surface area contributed by atoms with E-state index in [0.29, 0.717) is 6.04 Å². The molecule has 3 heteroatoms. The van der Waals surface area contributed by atoms with E-state index in [0.717, 1.165) is 25.3 Å². The summed E-state index contributed by atoms with van der Waals surface area (Å²) in [7, 11) is 0. The molecule has 1 aromatic carbocycles. The van der Waals surface area contributed by atoms with Crippen molar-refractivity contribution in [3.05, 3.63) is 29.3 Å². The fourth-order valence-electron chi connectivity index (χ4n) is 3.44. The first kappa shape index (κ1) is 14.9. The Morgan fingerprint density at radius 2 is 2.33 bits per heavy atom. The standard InChI is InChI=1S/C18H28N2O/c1-2-3-10-20(14-17-5-4-9-19-17)13-15-6-7-18-16(12-15)8-11-21-18/h6-7,12,17,19H,2-5,8-11,13-14H2,1H3. The molecular weight excluding hydrogens is 260 g/mol. The lowest BCUT2D eigenvalue weighted by Gasteiger charge is -2.26. The van der Waals surface area contributed by atoms with Gasteiger partial charge >= 0.3 is 0 Å². The number of fused-ring (bicyclic) bond motifs is 1. The molecule has 116 valence electrons. The van der Waals surface area contributed by atoms with Crippen LogP contribution in [0.3, 0.4) is 0 Å². The van der Waals surface area contributed by atoms with Gasteiger partial charge in [0.05, 0.1) is 6.61 Å². The number of rotatable bonds is 7. The number of nitrogens with one attached hydrogen (secondary N) is 1. The molecule has 2 aliphatic rings. The lowest BCUT2D eigenvalue weighted by molar-refractivity contribution is 0.237. The predicted octanol–water partition coefficient (Wildman–Crippen LogP) is 2.98. The van der Waals surface area contributed by atoms with Crippen molar-refractivity contribution in [1.82, 2.24) is 10.2 Å². The van der Waals surface area contributed by atoms with Crippen molar-refractivity contribution in [2.24, 2.45) is 0 Å². The van der Waals surface area contributed by atoms with E-state index in [-0.39, 0.29) is 0 Å². The molecule has 1 atom stereocenters. The molecular formula is C18H28N2O. The van der Waals surface area contributed by atoms with Gasteiger partial charge in [-0.25, -0.2) is 0 Å². The van der Waals surface area contributed by atoms with Gasteiger partial charge in [-0.05, 0) is 49.5 Å². The van der Waals surface area contributed by atoms with Gasteiger partial charge in [0, 0.05) is 25.6 Å². The summed E-state index contributed by atoms with van der Waals surface area (Å²) in [5.41, 5.74) is 2.83. The van der Waals surface area contributed by atoms with Crippen LogP contribution in [-0.4, -0.2) is 37.2 Å². The van der Waals surface area contributed by atoms with Gasteiger partial charge in [-0.3, -0.25) is 4.90 Å². The highest BCUT2D eigenvalue weighted by Crippen LogP contribution is 2.26. The van der Waals surface area contributed by atoms with Crippen LogP contribution in [0.1, 0.15) is 43.7 Å². The van der Waals surface area contributed by atoms with E-state index in [2.05, 4.69) is 35.3 Å². The van der Waals surface area contributed by atoms with Crippen LogP contribution >= 0.6 is 0 Å². The van der Waals surface area contributed by atoms with Crippen LogP contribution < -0.4 is 10.1 Å². The van der Waals surface area contributed by atoms with E-state index < -0.39 is 0 Å². The zero-order valence-electron chi connectivity index (χ0n) is 13.2. The van der Waals surface area contributed by atoms with E-state index in [4.69, 9.17) is 4.74 Å². The molecule has 2 heterocycles. The lowest BCUT2D eigenvalue weighted by Crippen LogP contribution is -2.37. The van der Waals surface area contributed by atoms with Crippen molar-refractivity contribution in [1.29, 1.82) is 0 Å². The van der Waals surface area contributed by atoms with Crippen molar-refractivity contribution in [3.8, 4) is 5.75 Å². The van der Waals surface area contributed by atoms with Gasteiger partial charge in [0.1, 0.15) is 5.75 Å². The Bertz CT molecular complexity index is 455.